The van der Waals surface area contributed by atoms with E-state index < -0.39 is 0 Å². The van der Waals surface area contributed by atoms with Gasteiger partial charge in [0.2, 0.25) is 0 Å². The summed E-state index contributed by atoms with van der Waals surface area (Å²) in [5, 5.41) is 3.01. The predicted octanol–water partition coefficient (Wildman–Crippen LogP) is 2.81. The van der Waals surface area contributed by atoms with Gasteiger partial charge in [-0.3, -0.25) is 0 Å². The number of nitrogens with one attached hydrogen (secondary N) is 1. The van der Waals surface area contributed by atoms with Crippen LogP contribution in [0.2, 0.25) is 0 Å². The highest BCUT2D eigenvalue weighted by atomic mass is 16.5. The Kier molecular flexibility index (Phi) is 3.46. The highest BCUT2D eigenvalue weighted by Gasteiger charge is 2.13. The Morgan fingerprint density at radius 1 is 1.06 bits per heavy atom. The average molecular weight is 243 g/mol. The van der Waals surface area contributed by atoms with Gasteiger partial charge in [0.25, 0.3) is 0 Å². The summed E-state index contributed by atoms with van der Waals surface area (Å²) < 4.78 is 5.41. The molecule has 94 valence electrons. The lowest BCUT2D eigenvalue weighted by molar-refractivity contribution is 0.415. The first-order valence-corrected chi connectivity index (χ1v) is 5.81. The first-order valence-electron chi connectivity index (χ1n) is 5.81. The summed E-state index contributed by atoms with van der Waals surface area (Å²) in [5.74, 6) is 1.37. The van der Waals surface area contributed by atoms with E-state index in [0.717, 1.165) is 11.3 Å². The van der Waals surface area contributed by atoms with Crippen LogP contribution in [0, 0.1) is 13.8 Å². The van der Waals surface area contributed by atoms with E-state index >= 15 is 0 Å². The van der Waals surface area contributed by atoms with Crippen LogP contribution in [0.3, 0.4) is 0 Å². The average Bonchev–Trinajstić information content (AvgIpc) is 2.36. The van der Waals surface area contributed by atoms with Gasteiger partial charge in [0, 0.05) is 12.6 Å². The summed E-state index contributed by atoms with van der Waals surface area (Å²) in [5.41, 5.74) is 4.26. The molecule has 1 heterocycles. The van der Waals surface area contributed by atoms with E-state index in [1.54, 1.807) is 13.4 Å². The quantitative estimate of drug-likeness (QED) is 0.900. The molecule has 0 saturated heterocycles. The van der Waals surface area contributed by atoms with Crippen molar-refractivity contribution >= 4 is 5.82 Å². The molecule has 0 unspecified atom stereocenters. The first kappa shape index (κ1) is 12.4. The number of nitrogens with zero attached hydrogens (tertiary/aromatic N) is 2. The van der Waals surface area contributed by atoms with Crippen LogP contribution in [0.5, 0.6) is 5.75 Å². The van der Waals surface area contributed by atoms with Crippen molar-refractivity contribution in [3.8, 4) is 17.0 Å². The van der Waals surface area contributed by atoms with Crippen molar-refractivity contribution < 1.29 is 4.74 Å². The summed E-state index contributed by atoms with van der Waals surface area (Å²) >= 11 is 0. The zero-order valence-corrected chi connectivity index (χ0v) is 11.1. The molecule has 2 rings (SSSR count). The molecule has 18 heavy (non-hydrogen) atoms. The van der Waals surface area contributed by atoms with E-state index in [9.17, 15) is 0 Å². The lowest BCUT2D eigenvalue weighted by atomic mass is 10.0. The van der Waals surface area contributed by atoms with Gasteiger partial charge in [0.15, 0.2) is 11.6 Å². The maximum Gasteiger partial charge on any atom is 0.187 e. The van der Waals surface area contributed by atoms with Crippen LogP contribution in [0.1, 0.15) is 11.1 Å². The second kappa shape index (κ2) is 5.04. The molecule has 0 aliphatic carbocycles. The summed E-state index contributed by atoms with van der Waals surface area (Å²) in [6.07, 6.45) is 1.54. The van der Waals surface area contributed by atoms with E-state index in [0.29, 0.717) is 11.6 Å². The van der Waals surface area contributed by atoms with Crippen LogP contribution in [0.4, 0.5) is 5.82 Å². The molecular formula is C14H17N3O. The van der Waals surface area contributed by atoms with Gasteiger partial charge in [-0.05, 0) is 26.0 Å². The van der Waals surface area contributed by atoms with Gasteiger partial charge in [-0.2, -0.15) is 0 Å². The summed E-state index contributed by atoms with van der Waals surface area (Å²) in [7, 11) is 3.45. The topological polar surface area (TPSA) is 47.0 Å². The molecule has 0 aliphatic heterocycles. The van der Waals surface area contributed by atoms with Crippen molar-refractivity contribution in [2.75, 3.05) is 19.5 Å². The number of rotatable bonds is 3. The van der Waals surface area contributed by atoms with E-state index in [4.69, 9.17) is 4.74 Å². The lowest BCUT2D eigenvalue weighted by Gasteiger charge is -2.12. The van der Waals surface area contributed by atoms with Gasteiger partial charge in [0.05, 0.1) is 7.11 Å². The number of aryl methyl sites for hydroxylation is 2. The second-order valence-electron chi connectivity index (χ2n) is 4.23. The summed E-state index contributed by atoms with van der Waals surface area (Å²) in [6.45, 7) is 4.15. The SMILES string of the molecule is CNc1ncnc(-c2cc(C)cc(C)c2)c1OC. The van der Waals surface area contributed by atoms with Crippen LogP contribution in [0.25, 0.3) is 11.3 Å². The fourth-order valence-corrected chi connectivity index (χ4v) is 2.06. The van der Waals surface area contributed by atoms with Gasteiger partial charge >= 0.3 is 0 Å². The van der Waals surface area contributed by atoms with Crippen LogP contribution in [-0.4, -0.2) is 24.1 Å². The molecule has 1 aromatic heterocycles. The van der Waals surface area contributed by atoms with Gasteiger partial charge in [0.1, 0.15) is 12.0 Å². The monoisotopic (exact) mass is 243 g/mol. The molecule has 1 aromatic carbocycles. The van der Waals surface area contributed by atoms with E-state index in [1.165, 1.54) is 11.1 Å². The van der Waals surface area contributed by atoms with Gasteiger partial charge < -0.3 is 10.1 Å². The zero-order chi connectivity index (χ0) is 13.1. The molecule has 0 bridgehead atoms. The lowest BCUT2D eigenvalue weighted by Crippen LogP contribution is -2.00. The van der Waals surface area contributed by atoms with Gasteiger partial charge in [-0.25, -0.2) is 9.97 Å². The number of ether oxygens (including phenoxy) is 1. The van der Waals surface area contributed by atoms with Crippen LogP contribution in [-0.2, 0) is 0 Å². The number of aromatic nitrogens is 2. The van der Waals surface area contributed by atoms with Crippen molar-refractivity contribution in [2.45, 2.75) is 13.8 Å². The molecule has 4 heteroatoms. The van der Waals surface area contributed by atoms with E-state index in [1.807, 2.05) is 7.05 Å². The number of hydrogen-bond donors (Lipinski definition) is 1. The third-order valence-corrected chi connectivity index (χ3v) is 2.74. The van der Waals surface area contributed by atoms with Crippen LogP contribution < -0.4 is 10.1 Å². The molecule has 0 aliphatic rings. The molecule has 0 atom stereocenters. The van der Waals surface area contributed by atoms with Crippen LogP contribution >= 0.6 is 0 Å². The third kappa shape index (κ3) is 2.27. The molecule has 1 N–H and O–H groups in total. The van der Waals surface area contributed by atoms with Crippen molar-refractivity contribution in [1.29, 1.82) is 0 Å². The number of benzene rings is 1. The molecular weight excluding hydrogens is 226 g/mol. The number of hydrogen-bond acceptors (Lipinski definition) is 4. The molecule has 0 fully saturated rings. The number of anilines is 1. The maximum atomic E-state index is 5.41. The molecule has 2 aromatic rings. The molecule has 0 radical (unpaired) electrons. The molecule has 4 nitrogen and oxygen atoms in total. The first-order chi connectivity index (χ1) is 8.65. The minimum absolute atomic E-state index is 0.671. The largest absolute Gasteiger partial charge is 0.491 e. The minimum Gasteiger partial charge on any atom is -0.491 e. The Balaban J connectivity index is 2.63. The summed E-state index contributed by atoms with van der Waals surface area (Å²) in [6, 6.07) is 6.32. The minimum atomic E-state index is 0.671. The van der Waals surface area contributed by atoms with Crippen molar-refractivity contribution in [2.24, 2.45) is 0 Å². The Labute approximate surface area is 107 Å². The molecule has 0 saturated carbocycles. The Morgan fingerprint density at radius 2 is 1.72 bits per heavy atom. The van der Waals surface area contributed by atoms with Crippen molar-refractivity contribution in [1.82, 2.24) is 9.97 Å². The fourth-order valence-electron chi connectivity index (χ4n) is 2.06. The van der Waals surface area contributed by atoms with Crippen LogP contribution in [0.15, 0.2) is 24.5 Å². The smallest absolute Gasteiger partial charge is 0.187 e. The highest BCUT2D eigenvalue weighted by Crippen LogP contribution is 2.33. The predicted molar refractivity (Wildman–Crippen MR) is 73.0 cm³/mol. The second-order valence-corrected chi connectivity index (χ2v) is 4.23. The van der Waals surface area contributed by atoms with Gasteiger partial charge in [-0.1, -0.05) is 17.2 Å². The Hall–Kier alpha value is -2.10. The summed E-state index contributed by atoms with van der Waals surface area (Å²) in [4.78, 5) is 8.49. The Morgan fingerprint density at radius 3 is 2.28 bits per heavy atom. The van der Waals surface area contributed by atoms with E-state index in [2.05, 4.69) is 47.3 Å². The fraction of sp³-hybridized carbons (Fsp3) is 0.286. The zero-order valence-electron chi connectivity index (χ0n) is 11.1. The van der Waals surface area contributed by atoms with Gasteiger partial charge in [-0.15, -0.1) is 0 Å². The molecule has 0 amide bonds. The maximum absolute atomic E-state index is 5.41. The standard InChI is InChI=1S/C14H17N3O/c1-9-5-10(2)7-11(6-9)12-13(18-4)14(15-3)17-8-16-12/h5-8H,1-4H3,(H,15,16,17). The highest BCUT2D eigenvalue weighted by molar-refractivity contribution is 5.73. The van der Waals surface area contributed by atoms with E-state index in [-0.39, 0.29) is 0 Å². The number of methoxy groups -OCH3 is 1. The van der Waals surface area contributed by atoms with Crippen molar-refractivity contribution in [3.05, 3.63) is 35.7 Å². The Bertz CT molecular complexity index is 547. The molecule has 0 spiro atoms. The normalized spacial score (nSPS) is 10.2. The van der Waals surface area contributed by atoms with Crippen molar-refractivity contribution in [3.63, 3.8) is 0 Å². The third-order valence-electron chi connectivity index (χ3n) is 2.74.